The van der Waals surface area contributed by atoms with Gasteiger partial charge in [0, 0.05) is 4.83 Å². The smallest absolute Gasteiger partial charge is 0.306 e. The van der Waals surface area contributed by atoms with E-state index in [1.165, 1.54) is 31.2 Å². The Kier molecular flexibility index (Phi) is 4.86. The first-order chi connectivity index (χ1) is 9.15. The van der Waals surface area contributed by atoms with Crippen molar-refractivity contribution in [2.75, 3.05) is 0 Å². The number of nitrogens with one attached hydrogen (secondary N) is 2. The van der Waals surface area contributed by atoms with Gasteiger partial charge in [-0.3, -0.25) is 0 Å². The van der Waals surface area contributed by atoms with Gasteiger partial charge in [-0.05, 0) is 36.5 Å². The number of imidazole rings is 1. The highest BCUT2D eigenvalue weighted by atomic mass is 79.9. The van der Waals surface area contributed by atoms with E-state index >= 15 is 0 Å². The van der Waals surface area contributed by atoms with Gasteiger partial charge < -0.3 is 9.97 Å². The number of fused-ring (bicyclic) bond motifs is 1. The van der Waals surface area contributed by atoms with Crippen molar-refractivity contribution < 1.29 is 0 Å². The van der Waals surface area contributed by atoms with Crippen LogP contribution in [0.2, 0.25) is 0 Å². The van der Waals surface area contributed by atoms with Crippen molar-refractivity contribution in [3.63, 3.8) is 0 Å². The molecule has 0 aliphatic heterocycles. The fourth-order valence-electron chi connectivity index (χ4n) is 2.67. The van der Waals surface area contributed by atoms with Crippen LogP contribution in [-0.4, -0.2) is 9.97 Å². The molecule has 1 aromatic heterocycles. The maximum Gasteiger partial charge on any atom is 0.323 e. The molecular weight excluding hydrogens is 304 g/mol. The SMILES string of the molecule is CCCC(CCC)C(Br)c1ccc2[nH]c(=O)[nH]c2c1. The molecule has 2 N–H and O–H groups in total. The molecule has 4 heteroatoms. The van der Waals surface area contributed by atoms with E-state index in [1.54, 1.807) is 0 Å². The van der Waals surface area contributed by atoms with Crippen LogP contribution in [0.5, 0.6) is 0 Å². The van der Waals surface area contributed by atoms with E-state index in [0.29, 0.717) is 10.7 Å². The third-order valence-electron chi connectivity index (χ3n) is 3.59. The molecule has 2 aromatic rings. The number of alkyl halides is 1. The summed E-state index contributed by atoms with van der Waals surface area (Å²) in [6.45, 7) is 4.46. The minimum atomic E-state index is -0.142. The Balaban J connectivity index is 2.28. The first kappa shape index (κ1) is 14.4. The molecule has 0 fully saturated rings. The first-order valence-electron chi connectivity index (χ1n) is 7.01. The average Bonchev–Trinajstić information content (AvgIpc) is 2.76. The summed E-state index contributed by atoms with van der Waals surface area (Å²) in [7, 11) is 0. The molecule has 0 aliphatic carbocycles. The molecule has 0 amide bonds. The van der Waals surface area contributed by atoms with Crippen LogP contribution in [0.3, 0.4) is 0 Å². The van der Waals surface area contributed by atoms with Crippen LogP contribution in [0.4, 0.5) is 0 Å². The minimum Gasteiger partial charge on any atom is -0.306 e. The molecule has 0 saturated carbocycles. The van der Waals surface area contributed by atoms with Gasteiger partial charge in [0.15, 0.2) is 0 Å². The molecule has 19 heavy (non-hydrogen) atoms. The molecule has 0 bridgehead atoms. The standard InChI is InChI=1S/C15H21BrN2O/c1-3-5-10(6-4-2)14(16)11-7-8-12-13(9-11)18-15(19)17-12/h7-10,14H,3-6H2,1-2H3,(H2,17,18,19). The third kappa shape index (κ3) is 3.30. The van der Waals surface area contributed by atoms with Crippen molar-refractivity contribution in [3.8, 4) is 0 Å². The maximum absolute atomic E-state index is 11.3. The number of H-pyrrole nitrogens is 2. The average molecular weight is 325 g/mol. The Morgan fingerprint density at radius 1 is 1.11 bits per heavy atom. The van der Waals surface area contributed by atoms with E-state index in [-0.39, 0.29) is 5.69 Å². The fraction of sp³-hybridized carbons (Fsp3) is 0.533. The highest BCUT2D eigenvalue weighted by molar-refractivity contribution is 9.09. The van der Waals surface area contributed by atoms with Crippen molar-refractivity contribution >= 4 is 27.0 Å². The van der Waals surface area contributed by atoms with Crippen LogP contribution < -0.4 is 5.69 Å². The van der Waals surface area contributed by atoms with Crippen molar-refractivity contribution in [1.82, 2.24) is 9.97 Å². The lowest BCUT2D eigenvalue weighted by Crippen LogP contribution is -2.07. The summed E-state index contributed by atoms with van der Waals surface area (Å²) in [6, 6.07) is 6.15. The van der Waals surface area contributed by atoms with Gasteiger partial charge in [-0.15, -0.1) is 0 Å². The quantitative estimate of drug-likeness (QED) is 0.754. The van der Waals surface area contributed by atoms with Gasteiger partial charge >= 0.3 is 5.69 Å². The Morgan fingerprint density at radius 2 is 1.74 bits per heavy atom. The lowest BCUT2D eigenvalue weighted by molar-refractivity contribution is 0.435. The van der Waals surface area contributed by atoms with Crippen LogP contribution in [-0.2, 0) is 0 Å². The van der Waals surface area contributed by atoms with Gasteiger partial charge in [0.05, 0.1) is 11.0 Å². The molecule has 1 atom stereocenters. The van der Waals surface area contributed by atoms with Gasteiger partial charge in [0.1, 0.15) is 0 Å². The Bertz CT molecular complexity index is 581. The van der Waals surface area contributed by atoms with Crippen molar-refractivity contribution in [3.05, 3.63) is 34.2 Å². The second-order valence-corrected chi connectivity index (χ2v) is 6.11. The van der Waals surface area contributed by atoms with E-state index < -0.39 is 0 Å². The largest absolute Gasteiger partial charge is 0.323 e. The number of hydrogen-bond donors (Lipinski definition) is 2. The molecule has 3 nitrogen and oxygen atoms in total. The van der Waals surface area contributed by atoms with Crippen LogP contribution in [0.1, 0.15) is 49.9 Å². The normalized spacial score (nSPS) is 13.3. The van der Waals surface area contributed by atoms with Crippen LogP contribution >= 0.6 is 15.9 Å². The topological polar surface area (TPSA) is 48.6 Å². The zero-order valence-corrected chi connectivity index (χ0v) is 13.1. The fourth-order valence-corrected chi connectivity index (χ4v) is 3.49. The van der Waals surface area contributed by atoms with E-state index in [9.17, 15) is 4.79 Å². The molecular formula is C15H21BrN2O. The maximum atomic E-state index is 11.3. The van der Waals surface area contributed by atoms with Gasteiger partial charge in [0.25, 0.3) is 0 Å². The summed E-state index contributed by atoms with van der Waals surface area (Å²) < 4.78 is 0. The highest BCUT2D eigenvalue weighted by Crippen LogP contribution is 2.37. The lowest BCUT2D eigenvalue weighted by atomic mass is 9.91. The number of aromatic amines is 2. The molecule has 0 spiro atoms. The summed E-state index contributed by atoms with van der Waals surface area (Å²) >= 11 is 3.84. The summed E-state index contributed by atoms with van der Waals surface area (Å²) in [5, 5.41) is 0. The number of benzene rings is 1. The molecule has 1 heterocycles. The molecule has 1 unspecified atom stereocenters. The predicted molar refractivity (Wildman–Crippen MR) is 83.9 cm³/mol. The molecule has 1 aromatic carbocycles. The molecule has 0 saturated heterocycles. The molecule has 0 radical (unpaired) electrons. The van der Waals surface area contributed by atoms with Crippen molar-refractivity contribution in [2.24, 2.45) is 5.92 Å². The summed E-state index contributed by atoms with van der Waals surface area (Å²) in [6.07, 6.45) is 4.86. The van der Waals surface area contributed by atoms with Gasteiger partial charge in [-0.2, -0.15) is 0 Å². The van der Waals surface area contributed by atoms with E-state index in [2.05, 4.69) is 51.9 Å². The minimum absolute atomic E-state index is 0.142. The molecule has 2 rings (SSSR count). The van der Waals surface area contributed by atoms with E-state index in [4.69, 9.17) is 0 Å². The second-order valence-electron chi connectivity index (χ2n) is 5.12. The van der Waals surface area contributed by atoms with Gasteiger partial charge in [-0.25, -0.2) is 4.79 Å². The lowest BCUT2D eigenvalue weighted by Gasteiger charge is -2.22. The number of halogens is 1. The van der Waals surface area contributed by atoms with Gasteiger partial charge in [0.2, 0.25) is 0 Å². The zero-order chi connectivity index (χ0) is 13.8. The third-order valence-corrected chi connectivity index (χ3v) is 4.87. The number of aromatic nitrogens is 2. The predicted octanol–water partition coefficient (Wildman–Crippen LogP) is 4.51. The first-order valence-corrected chi connectivity index (χ1v) is 7.93. The molecule has 0 aliphatic rings. The zero-order valence-electron chi connectivity index (χ0n) is 11.5. The summed E-state index contributed by atoms with van der Waals surface area (Å²) in [4.78, 5) is 17.2. The Hall–Kier alpha value is -1.03. The van der Waals surface area contributed by atoms with E-state index in [0.717, 1.165) is 11.0 Å². The monoisotopic (exact) mass is 324 g/mol. The summed E-state index contributed by atoms with van der Waals surface area (Å²) in [5.74, 6) is 0.651. The number of rotatable bonds is 6. The Morgan fingerprint density at radius 3 is 2.37 bits per heavy atom. The molecule has 104 valence electrons. The van der Waals surface area contributed by atoms with Crippen LogP contribution in [0, 0.1) is 5.92 Å². The summed E-state index contributed by atoms with van der Waals surface area (Å²) in [5.41, 5.74) is 2.86. The highest BCUT2D eigenvalue weighted by Gasteiger charge is 2.19. The van der Waals surface area contributed by atoms with Crippen molar-refractivity contribution in [2.45, 2.75) is 44.4 Å². The van der Waals surface area contributed by atoms with E-state index in [1.807, 2.05) is 6.07 Å². The van der Waals surface area contributed by atoms with Crippen molar-refractivity contribution in [1.29, 1.82) is 0 Å². The second kappa shape index (κ2) is 6.42. The van der Waals surface area contributed by atoms with Gasteiger partial charge in [-0.1, -0.05) is 48.7 Å². The van der Waals surface area contributed by atoms with Crippen LogP contribution in [0.15, 0.2) is 23.0 Å². The number of hydrogen-bond acceptors (Lipinski definition) is 1. The Labute approximate surface area is 121 Å². The van der Waals surface area contributed by atoms with Crippen LogP contribution in [0.25, 0.3) is 11.0 Å².